The van der Waals surface area contributed by atoms with Crippen molar-refractivity contribution in [3.8, 4) is 22.9 Å². The van der Waals surface area contributed by atoms with Gasteiger partial charge in [-0.2, -0.15) is 4.80 Å². The Morgan fingerprint density at radius 1 is 0.967 bits per heavy atom. The Hall–Kier alpha value is -3.95. The number of nitrogens with one attached hydrogen (secondary N) is 2. The molecule has 2 N–H and O–H groups in total. The second kappa shape index (κ2) is 10.6. The number of amides is 2. The molecule has 0 saturated heterocycles. The average Bonchev–Trinajstić information content (AvgIpc) is 3.25. The predicted octanol–water partition coefficient (Wildman–Crippen LogP) is 1.36. The van der Waals surface area contributed by atoms with Gasteiger partial charge in [0.05, 0.1) is 13.7 Å². The first kappa shape index (κ1) is 20.8. The van der Waals surface area contributed by atoms with E-state index in [2.05, 4.69) is 26.3 Å². The standard InChI is InChI=1S/C20H22N6O4/c1-29-16-9-11-17(12-10-16)30-13-5-8-18(27)21-22-19(28)14-26-24-20(23-25-26)15-6-3-2-4-7-15/h2-4,6-7,9-12H,5,8,13-14H2,1H3,(H,21,27)(H,22,28). The molecule has 1 aromatic heterocycles. The Balaban J connectivity index is 1.32. The van der Waals surface area contributed by atoms with Gasteiger partial charge in [-0.3, -0.25) is 20.4 Å². The maximum absolute atomic E-state index is 11.9. The van der Waals surface area contributed by atoms with E-state index in [9.17, 15) is 9.59 Å². The van der Waals surface area contributed by atoms with E-state index in [1.807, 2.05) is 30.3 Å². The number of carbonyl (C=O) groups excluding carboxylic acids is 2. The fourth-order valence-electron chi connectivity index (χ4n) is 2.48. The van der Waals surface area contributed by atoms with E-state index >= 15 is 0 Å². The first-order chi connectivity index (χ1) is 14.6. The number of methoxy groups -OCH3 is 1. The highest BCUT2D eigenvalue weighted by atomic mass is 16.5. The zero-order valence-electron chi connectivity index (χ0n) is 16.4. The minimum absolute atomic E-state index is 0.166. The van der Waals surface area contributed by atoms with Gasteiger partial charge in [0.15, 0.2) is 0 Å². The van der Waals surface area contributed by atoms with Crippen molar-refractivity contribution in [3.05, 3.63) is 54.6 Å². The third kappa shape index (κ3) is 6.30. The van der Waals surface area contributed by atoms with Gasteiger partial charge in [0.1, 0.15) is 18.0 Å². The van der Waals surface area contributed by atoms with Gasteiger partial charge in [-0.1, -0.05) is 30.3 Å². The lowest BCUT2D eigenvalue weighted by Gasteiger charge is -2.08. The Bertz CT molecular complexity index is 959. The number of aromatic nitrogens is 4. The van der Waals surface area contributed by atoms with E-state index in [-0.39, 0.29) is 18.9 Å². The molecule has 0 bridgehead atoms. The van der Waals surface area contributed by atoms with E-state index < -0.39 is 5.91 Å². The van der Waals surface area contributed by atoms with Gasteiger partial charge in [-0.15, -0.1) is 10.2 Å². The maximum Gasteiger partial charge on any atom is 0.262 e. The van der Waals surface area contributed by atoms with Crippen LogP contribution in [0.25, 0.3) is 11.4 Å². The highest BCUT2D eigenvalue weighted by molar-refractivity contribution is 5.81. The Kier molecular flexibility index (Phi) is 7.31. The number of hydrogen-bond donors (Lipinski definition) is 2. The largest absolute Gasteiger partial charge is 0.497 e. The van der Waals surface area contributed by atoms with E-state index in [4.69, 9.17) is 9.47 Å². The first-order valence-corrected chi connectivity index (χ1v) is 9.32. The SMILES string of the molecule is COc1ccc(OCCCC(=O)NNC(=O)Cn2nnc(-c3ccccc3)n2)cc1. The van der Waals surface area contributed by atoms with Crippen LogP contribution in [0, 0.1) is 0 Å². The molecule has 3 aromatic rings. The fourth-order valence-corrected chi connectivity index (χ4v) is 2.48. The van der Waals surface area contributed by atoms with Crippen molar-refractivity contribution in [1.82, 2.24) is 31.1 Å². The third-order valence-corrected chi connectivity index (χ3v) is 3.99. The molecule has 0 aliphatic heterocycles. The number of ether oxygens (including phenoxy) is 2. The summed E-state index contributed by atoms with van der Waals surface area (Å²) in [6.07, 6.45) is 0.703. The quantitative estimate of drug-likeness (QED) is 0.404. The zero-order valence-corrected chi connectivity index (χ0v) is 16.4. The third-order valence-electron chi connectivity index (χ3n) is 3.99. The van der Waals surface area contributed by atoms with Crippen LogP contribution in [0.3, 0.4) is 0 Å². The Morgan fingerprint density at radius 2 is 1.67 bits per heavy atom. The molecular weight excluding hydrogens is 388 g/mol. The van der Waals surface area contributed by atoms with Gasteiger partial charge in [-0.25, -0.2) is 0 Å². The molecule has 0 aliphatic rings. The average molecular weight is 410 g/mol. The molecular formula is C20H22N6O4. The lowest BCUT2D eigenvalue weighted by atomic mass is 10.2. The number of tetrazole rings is 1. The second-order valence-electron chi connectivity index (χ2n) is 6.23. The molecule has 0 saturated carbocycles. The molecule has 0 spiro atoms. The summed E-state index contributed by atoms with van der Waals surface area (Å²) in [5.41, 5.74) is 5.48. The smallest absolute Gasteiger partial charge is 0.262 e. The van der Waals surface area contributed by atoms with Crippen molar-refractivity contribution in [2.75, 3.05) is 13.7 Å². The monoisotopic (exact) mass is 410 g/mol. The number of benzene rings is 2. The summed E-state index contributed by atoms with van der Waals surface area (Å²) in [5.74, 6) is 1.08. The highest BCUT2D eigenvalue weighted by Gasteiger charge is 2.10. The Morgan fingerprint density at radius 3 is 2.40 bits per heavy atom. The molecule has 3 rings (SSSR count). The number of rotatable bonds is 9. The molecule has 0 atom stereocenters. The van der Waals surface area contributed by atoms with Crippen LogP contribution in [0.1, 0.15) is 12.8 Å². The van der Waals surface area contributed by atoms with Crippen molar-refractivity contribution < 1.29 is 19.1 Å². The lowest BCUT2D eigenvalue weighted by molar-refractivity contribution is -0.129. The van der Waals surface area contributed by atoms with Crippen LogP contribution in [-0.4, -0.2) is 45.7 Å². The molecule has 30 heavy (non-hydrogen) atoms. The summed E-state index contributed by atoms with van der Waals surface area (Å²) in [7, 11) is 1.59. The molecule has 0 fully saturated rings. The van der Waals surface area contributed by atoms with Crippen molar-refractivity contribution >= 4 is 11.8 Å². The predicted molar refractivity (Wildman–Crippen MR) is 107 cm³/mol. The van der Waals surface area contributed by atoms with E-state index in [0.29, 0.717) is 24.6 Å². The Labute approximate surface area is 173 Å². The molecule has 0 unspecified atom stereocenters. The van der Waals surface area contributed by atoms with Crippen LogP contribution in [0.4, 0.5) is 0 Å². The van der Waals surface area contributed by atoms with Crippen molar-refractivity contribution in [3.63, 3.8) is 0 Å². The highest BCUT2D eigenvalue weighted by Crippen LogP contribution is 2.17. The van der Waals surface area contributed by atoms with E-state index in [1.54, 1.807) is 31.4 Å². The fraction of sp³-hybridized carbons (Fsp3) is 0.250. The first-order valence-electron chi connectivity index (χ1n) is 9.32. The van der Waals surface area contributed by atoms with Crippen LogP contribution >= 0.6 is 0 Å². The molecule has 0 radical (unpaired) electrons. The summed E-state index contributed by atoms with van der Waals surface area (Å²) in [4.78, 5) is 24.9. The van der Waals surface area contributed by atoms with Crippen LogP contribution < -0.4 is 20.3 Å². The van der Waals surface area contributed by atoms with Gasteiger partial charge in [-0.05, 0) is 35.9 Å². The number of hydrogen-bond acceptors (Lipinski definition) is 7. The summed E-state index contributed by atoms with van der Waals surface area (Å²) in [6.45, 7) is 0.208. The van der Waals surface area contributed by atoms with Crippen molar-refractivity contribution in [1.29, 1.82) is 0 Å². The van der Waals surface area contributed by atoms with Gasteiger partial charge >= 0.3 is 0 Å². The molecule has 156 valence electrons. The van der Waals surface area contributed by atoms with E-state index in [1.165, 1.54) is 0 Å². The second-order valence-corrected chi connectivity index (χ2v) is 6.23. The van der Waals surface area contributed by atoms with Gasteiger partial charge < -0.3 is 9.47 Å². The van der Waals surface area contributed by atoms with Crippen molar-refractivity contribution in [2.45, 2.75) is 19.4 Å². The van der Waals surface area contributed by atoms with Crippen LogP contribution in [0.2, 0.25) is 0 Å². The number of nitrogens with zero attached hydrogens (tertiary/aromatic N) is 4. The lowest BCUT2D eigenvalue weighted by Crippen LogP contribution is -2.43. The molecule has 2 aromatic carbocycles. The van der Waals surface area contributed by atoms with Gasteiger partial charge in [0.2, 0.25) is 11.7 Å². The van der Waals surface area contributed by atoms with Crippen molar-refractivity contribution in [2.24, 2.45) is 0 Å². The summed E-state index contributed by atoms with van der Waals surface area (Å²) >= 11 is 0. The summed E-state index contributed by atoms with van der Waals surface area (Å²) < 4.78 is 10.6. The van der Waals surface area contributed by atoms with E-state index in [0.717, 1.165) is 16.1 Å². The van der Waals surface area contributed by atoms with Crippen LogP contribution in [0.15, 0.2) is 54.6 Å². The number of carbonyl (C=O) groups is 2. The minimum Gasteiger partial charge on any atom is -0.497 e. The topological polar surface area (TPSA) is 120 Å². The van der Waals surface area contributed by atoms with Crippen LogP contribution in [0.5, 0.6) is 11.5 Å². The number of hydrazine groups is 1. The zero-order chi connectivity index (χ0) is 21.2. The molecule has 2 amide bonds. The van der Waals surface area contributed by atoms with Gasteiger partial charge in [0.25, 0.3) is 5.91 Å². The van der Waals surface area contributed by atoms with Crippen LogP contribution in [-0.2, 0) is 16.1 Å². The molecule has 0 aliphatic carbocycles. The molecule has 10 nitrogen and oxygen atoms in total. The molecule has 1 heterocycles. The molecule has 10 heteroatoms. The maximum atomic E-state index is 11.9. The summed E-state index contributed by atoms with van der Waals surface area (Å²) in [6, 6.07) is 16.5. The minimum atomic E-state index is -0.463. The van der Waals surface area contributed by atoms with Gasteiger partial charge in [0, 0.05) is 12.0 Å². The normalized spacial score (nSPS) is 10.3. The summed E-state index contributed by atoms with van der Waals surface area (Å²) in [5, 5.41) is 11.9.